The van der Waals surface area contributed by atoms with Gasteiger partial charge in [-0.25, -0.2) is 0 Å². The maximum Gasteiger partial charge on any atom is 0.231 e. The number of ether oxygens (including phenoxy) is 3. The lowest BCUT2D eigenvalue weighted by molar-refractivity contribution is 0.0372. The van der Waals surface area contributed by atoms with E-state index in [2.05, 4.69) is 10.6 Å². The molecule has 0 radical (unpaired) electrons. The molecule has 1 saturated heterocycles. The minimum Gasteiger partial charge on any atom is -0.454 e. The second-order valence-electron chi connectivity index (χ2n) is 4.15. The molecule has 2 aliphatic rings. The Hall–Kier alpha value is -1.46. The molecule has 0 amide bonds. The van der Waals surface area contributed by atoms with E-state index in [0.717, 1.165) is 43.4 Å². The topological polar surface area (TPSA) is 51.8 Å². The highest BCUT2D eigenvalue weighted by Gasteiger charge is 2.15. The van der Waals surface area contributed by atoms with Crippen LogP contribution in [0.2, 0.25) is 0 Å². The van der Waals surface area contributed by atoms with Crippen molar-refractivity contribution in [2.24, 2.45) is 0 Å². The summed E-state index contributed by atoms with van der Waals surface area (Å²) < 4.78 is 16.2. The predicted molar refractivity (Wildman–Crippen MR) is 63.7 cm³/mol. The largest absolute Gasteiger partial charge is 0.454 e. The smallest absolute Gasteiger partial charge is 0.231 e. The van der Waals surface area contributed by atoms with Crippen LogP contribution in [0.5, 0.6) is 11.5 Å². The van der Waals surface area contributed by atoms with E-state index in [4.69, 9.17) is 14.2 Å². The average molecular weight is 236 g/mol. The highest BCUT2D eigenvalue weighted by molar-refractivity contribution is 5.55. The Bertz CT molecular complexity index is 391. The lowest BCUT2D eigenvalue weighted by atomic mass is 10.2. The fraction of sp³-hybridized carbons (Fsp3) is 0.500. The number of fused-ring (bicyclic) bond motifs is 1. The number of hydrogen-bond donors (Lipinski definition) is 2. The maximum absolute atomic E-state index is 5.61. The predicted octanol–water partition coefficient (Wildman–Crippen LogP) is 0.816. The summed E-state index contributed by atoms with van der Waals surface area (Å²) in [7, 11) is 0. The summed E-state index contributed by atoms with van der Waals surface area (Å²) in [5.74, 6) is 1.61. The van der Waals surface area contributed by atoms with Crippen molar-refractivity contribution < 1.29 is 14.2 Å². The molecule has 1 aromatic rings. The molecule has 1 aromatic carbocycles. The van der Waals surface area contributed by atoms with E-state index in [1.165, 1.54) is 0 Å². The van der Waals surface area contributed by atoms with Gasteiger partial charge in [0.05, 0.1) is 12.7 Å². The zero-order valence-electron chi connectivity index (χ0n) is 9.57. The van der Waals surface area contributed by atoms with Crippen LogP contribution in [0.4, 0.5) is 5.69 Å². The second kappa shape index (κ2) is 4.81. The third kappa shape index (κ3) is 2.45. The van der Waals surface area contributed by atoms with Gasteiger partial charge in [-0.3, -0.25) is 0 Å². The molecule has 1 fully saturated rings. The number of nitrogens with one attached hydrogen (secondary N) is 2. The quantitative estimate of drug-likeness (QED) is 0.813. The molecule has 0 spiro atoms. The highest BCUT2D eigenvalue weighted by Crippen LogP contribution is 2.34. The van der Waals surface area contributed by atoms with Gasteiger partial charge in [-0.2, -0.15) is 0 Å². The summed E-state index contributed by atoms with van der Waals surface area (Å²) >= 11 is 0. The molecule has 92 valence electrons. The Morgan fingerprint density at radius 1 is 1.29 bits per heavy atom. The van der Waals surface area contributed by atoms with Crippen molar-refractivity contribution in [1.29, 1.82) is 0 Å². The molecule has 1 atom stereocenters. The Morgan fingerprint density at radius 3 is 3.12 bits per heavy atom. The van der Waals surface area contributed by atoms with Crippen LogP contribution < -0.4 is 20.1 Å². The SMILES string of the molecule is c1cc2c(cc1NCC1CNCCO1)OCO2. The van der Waals surface area contributed by atoms with Crippen molar-refractivity contribution in [2.75, 3.05) is 38.4 Å². The summed E-state index contributed by atoms with van der Waals surface area (Å²) in [5, 5.41) is 6.65. The summed E-state index contributed by atoms with van der Waals surface area (Å²) in [6.07, 6.45) is 0.231. The van der Waals surface area contributed by atoms with Gasteiger partial charge in [0.15, 0.2) is 11.5 Å². The third-order valence-corrected chi connectivity index (χ3v) is 2.91. The lowest BCUT2D eigenvalue weighted by Crippen LogP contribution is -2.42. The molecule has 2 heterocycles. The first-order valence-corrected chi connectivity index (χ1v) is 5.88. The van der Waals surface area contributed by atoms with Crippen molar-refractivity contribution in [1.82, 2.24) is 5.32 Å². The standard InChI is InChI=1S/C12H16N2O3/c1-2-11-12(17-8-16-11)5-9(1)14-7-10-6-13-3-4-15-10/h1-2,5,10,13-14H,3-4,6-8H2. The zero-order valence-corrected chi connectivity index (χ0v) is 9.57. The molecule has 0 aromatic heterocycles. The van der Waals surface area contributed by atoms with Crippen LogP contribution in [0.3, 0.4) is 0 Å². The number of hydrogen-bond acceptors (Lipinski definition) is 5. The number of morpholine rings is 1. The van der Waals surface area contributed by atoms with Gasteiger partial charge < -0.3 is 24.8 Å². The van der Waals surface area contributed by atoms with Gasteiger partial charge in [0, 0.05) is 31.4 Å². The number of anilines is 1. The molecular weight excluding hydrogens is 220 g/mol. The van der Waals surface area contributed by atoms with E-state index in [0.29, 0.717) is 6.79 Å². The molecule has 0 bridgehead atoms. The van der Waals surface area contributed by atoms with Gasteiger partial charge >= 0.3 is 0 Å². The van der Waals surface area contributed by atoms with Gasteiger partial charge in [0.2, 0.25) is 6.79 Å². The Balaban J connectivity index is 1.57. The average Bonchev–Trinajstić information content (AvgIpc) is 2.85. The van der Waals surface area contributed by atoms with Crippen molar-refractivity contribution in [3.63, 3.8) is 0 Å². The van der Waals surface area contributed by atoms with Crippen LogP contribution in [0.15, 0.2) is 18.2 Å². The molecule has 5 heteroatoms. The van der Waals surface area contributed by atoms with Crippen molar-refractivity contribution in [3.8, 4) is 11.5 Å². The van der Waals surface area contributed by atoms with Gasteiger partial charge in [0.1, 0.15) is 0 Å². The normalized spacial score (nSPS) is 22.5. The van der Waals surface area contributed by atoms with E-state index in [-0.39, 0.29) is 6.10 Å². The van der Waals surface area contributed by atoms with Crippen LogP contribution in [-0.4, -0.2) is 39.1 Å². The molecular formula is C12H16N2O3. The van der Waals surface area contributed by atoms with E-state index in [1.54, 1.807) is 0 Å². The van der Waals surface area contributed by atoms with Crippen molar-refractivity contribution >= 4 is 5.69 Å². The monoisotopic (exact) mass is 236 g/mol. The summed E-state index contributed by atoms with van der Waals surface area (Å²) in [6.45, 7) is 3.74. The Kier molecular flexibility index (Phi) is 3.02. The third-order valence-electron chi connectivity index (χ3n) is 2.91. The van der Waals surface area contributed by atoms with Crippen molar-refractivity contribution in [3.05, 3.63) is 18.2 Å². The molecule has 17 heavy (non-hydrogen) atoms. The van der Waals surface area contributed by atoms with Crippen LogP contribution in [0, 0.1) is 0 Å². The minimum atomic E-state index is 0.231. The molecule has 3 rings (SSSR count). The Morgan fingerprint density at radius 2 is 2.24 bits per heavy atom. The van der Waals surface area contributed by atoms with Gasteiger partial charge in [-0.1, -0.05) is 0 Å². The molecule has 1 unspecified atom stereocenters. The summed E-state index contributed by atoms with van der Waals surface area (Å²) in [5.41, 5.74) is 1.03. The van der Waals surface area contributed by atoms with E-state index in [9.17, 15) is 0 Å². The highest BCUT2D eigenvalue weighted by atomic mass is 16.7. The van der Waals surface area contributed by atoms with Crippen LogP contribution in [-0.2, 0) is 4.74 Å². The second-order valence-corrected chi connectivity index (χ2v) is 4.15. The number of benzene rings is 1. The fourth-order valence-electron chi connectivity index (χ4n) is 1.99. The molecule has 2 aliphatic heterocycles. The van der Waals surface area contributed by atoms with Crippen LogP contribution in [0.25, 0.3) is 0 Å². The summed E-state index contributed by atoms with van der Waals surface area (Å²) in [4.78, 5) is 0. The minimum absolute atomic E-state index is 0.231. The zero-order chi connectivity index (χ0) is 11.5. The fourth-order valence-corrected chi connectivity index (χ4v) is 1.99. The van der Waals surface area contributed by atoms with Crippen molar-refractivity contribution in [2.45, 2.75) is 6.10 Å². The Labute approximate surface area is 100 Å². The van der Waals surface area contributed by atoms with E-state index in [1.807, 2.05) is 18.2 Å². The molecule has 2 N–H and O–H groups in total. The maximum atomic E-state index is 5.61. The first-order valence-electron chi connectivity index (χ1n) is 5.88. The van der Waals surface area contributed by atoms with E-state index < -0.39 is 0 Å². The lowest BCUT2D eigenvalue weighted by Gasteiger charge is -2.24. The molecule has 0 saturated carbocycles. The van der Waals surface area contributed by atoms with E-state index >= 15 is 0 Å². The molecule has 0 aliphatic carbocycles. The molecule has 5 nitrogen and oxygen atoms in total. The summed E-state index contributed by atoms with van der Waals surface area (Å²) in [6, 6.07) is 5.87. The van der Waals surface area contributed by atoms with Crippen LogP contribution >= 0.6 is 0 Å². The first-order chi connectivity index (χ1) is 8.42. The van der Waals surface area contributed by atoms with Gasteiger partial charge in [-0.15, -0.1) is 0 Å². The number of rotatable bonds is 3. The van der Waals surface area contributed by atoms with Gasteiger partial charge in [0.25, 0.3) is 0 Å². The van der Waals surface area contributed by atoms with Crippen LogP contribution in [0.1, 0.15) is 0 Å². The van der Waals surface area contributed by atoms with Gasteiger partial charge in [-0.05, 0) is 12.1 Å². The first kappa shape index (κ1) is 10.7.